The Labute approximate surface area is 146 Å². The largest absolute Gasteiger partial charge is 0.0636 e. The Bertz CT molecular complexity index is 461. The lowest BCUT2D eigenvalue weighted by molar-refractivity contribution is 0.341. The normalized spacial score (nSPS) is 21.3. The van der Waals surface area contributed by atoms with E-state index in [4.69, 9.17) is 0 Å². The molecule has 1 unspecified atom stereocenters. The van der Waals surface area contributed by atoms with Crippen LogP contribution in [0.15, 0.2) is 22.3 Å². The molecule has 0 aromatic carbocycles. The van der Waals surface area contributed by atoms with E-state index in [1.165, 1.54) is 12.8 Å². The van der Waals surface area contributed by atoms with Gasteiger partial charge in [0, 0.05) is 0 Å². The Hall–Kier alpha value is -0.520. The third kappa shape index (κ3) is 4.74. The quantitative estimate of drug-likeness (QED) is 0.499. The molecule has 0 aromatic heterocycles. The summed E-state index contributed by atoms with van der Waals surface area (Å²) in [5.41, 5.74) is 7.12. The highest BCUT2D eigenvalue weighted by Crippen LogP contribution is 2.48. The van der Waals surface area contributed by atoms with Crippen molar-refractivity contribution < 1.29 is 0 Å². The summed E-state index contributed by atoms with van der Waals surface area (Å²) in [4.78, 5) is 0. The zero-order chi connectivity index (χ0) is 18.1. The van der Waals surface area contributed by atoms with Crippen LogP contribution in [0, 0.1) is 35.0 Å². The van der Waals surface area contributed by atoms with Gasteiger partial charge < -0.3 is 0 Å². The van der Waals surface area contributed by atoms with Crippen molar-refractivity contribution in [1.82, 2.24) is 0 Å². The van der Waals surface area contributed by atoms with Gasteiger partial charge in [-0.3, -0.25) is 0 Å². The van der Waals surface area contributed by atoms with Gasteiger partial charge >= 0.3 is 0 Å². The Morgan fingerprint density at radius 3 is 1.48 bits per heavy atom. The maximum absolute atomic E-state index is 2.42. The molecule has 23 heavy (non-hydrogen) atoms. The summed E-state index contributed by atoms with van der Waals surface area (Å²) in [5.74, 6) is 3.42. The molecule has 1 rings (SSSR count). The second-order valence-corrected chi connectivity index (χ2v) is 9.96. The predicted molar refractivity (Wildman–Crippen MR) is 106 cm³/mol. The molecular formula is C23H42. The molecular weight excluding hydrogens is 276 g/mol. The minimum Gasteiger partial charge on any atom is -0.0636 e. The average Bonchev–Trinajstić information content (AvgIpc) is 2.54. The van der Waals surface area contributed by atoms with Crippen molar-refractivity contribution >= 4 is 0 Å². The van der Waals surface area contributed by atoms with E-state index >= 15 is 0 Å². The second-order valence-electron chi connectivity index (χ2n) is 9.96. The summed E-state index contributed by atoms with van der Waals surface area (Å²) in [6.45, 7) is 26.5. The third-order valence-corrected chi connectivity index (χ3v) is 5.61. The Morgan fingerprint density at radius 2 is 1.17 bits per heavy atom. The fourth-order valence-electron chi connectivity index (χ4n) is 4.24. The first-order chi connectivity index (χ1) is 10.4. The first-order valence-electron chi connectivity index (χ1n) is 9.84. The van der Waals surface area contributed by atoms with E-state index < -0.39 is 0 Å². The number of hydrogen-bond donors (Lipinski definition) is 0. The van der Waals surface area contributed by atoms with Gasteiger partial charge in [-0.05, 0) is 59.0 Å². The van der Waals surface area contributed by atoms with Gasteiger partial charge in [0.2, 0.25) is 0 Å². The van der Waals surface area contributed by atoms with Crippen molar-refractivity contribution in [3.63, 3.8) is 0 Å². The van der Waals surface area contributed by atoms with Crippen LogP contribution in [0.25, 0.3) is 0 Å². The molecule has 1 atom stereocenters. The fourth-order valence-corrected chi connectivity index (χ4v) is 4.24. The summed E-state index contributed by atoms with van der Waals surface area (Å²) in [6, 6.07) is 0. The Balaban J connectivity index is 3.76. The topological polar surface area (TPSA) is 0 Å². The van der Waals surface area contributed by atoms with E-state index in [0.29, 0.717) is 17.8 Å². The molecule has 0 radical (unpaired) electrons. The Morgan fingerprint density at radius 1 is 0.696 bits per heavy atom. The summed E-state index contributed by atoms with van der Waals surface area (Å²) in [5, 5.41) is 0. The highest BCUT2D eigenvalue weighted by molar-refractivity contribution is 5.45. The summed E-state index contributed by atoms with van der Waals surface area (Å²) >= 11 is 0. The van der Waals surface area contributed by atoms with Crippen LogP contribution in [0.1, 0.15) is 89.0 Å². The van der Waals surface area contributed by atoms with Crippen molar-refractivity contribution in [2.24, 2.45) is 35.0 Å². The van der Waals surface area contributed by atoms with Crippen LogP contribution in [0.4, 0.5) is 0 Å². The van der Waals surface area contributed by atoms with Crippen molar-refractivity contribution in [2.75, 3.05) is 0 Å². The van der Waals surface area contributed by atoms with E-state index in [1.54, 1.807) is 22.3 Å². The lowest BCUT2D eigenvalue weighted by atomic mass is 9.73. The first-order valence-corrected chi connectivity index (χ1v) is 9.84. The van der Waals surface area contributed by atoms with Crippen LogP contribution in [-0.4, -0.2) is 0 Å². The molecule has 0 bridgehead atoms. The summed E-state index contributed by atoms with van der Waals surface area (Å²) < 4.78 is 0. The highest BCUT2D eigenvalue weighted by atomic mass is 14.4. The molecule has 0 aromatic rings. The molecule has 0 heterocycles. The zero-order valence-electron chi connectivity index (χ0n) is 17.8. The third-order valence-electron chi connectivity index (χ3n) is 5.61. The minimum atomic E-state index is 0.263. The van der Waals surface area contributed by atoms with E-state index in [2.05, 4.69) is 76.2 Å². The summed E-state index contributed by atoms with van der Waals surface area (Å²) in [7, 11) is 0. The van der Waals surface area contributed by atoms with Crippen molar-refractivity contribution in [2.45, 2.75) is 89.0 Å². The number of hydrogen-bond acceptors (Lipinski definition) is 0. The fraction of sp³-hybridized carbons (Fsp3) is 0.826. The van der Waals surface area contributed by atoms with E-state index in [9.17, 15) is 0 Å². The van der Waals surface area contributed by atoms with E-state index in [1.807, 2.05) is 0 Å². The standard InChI is InChI=1S/C23H42/c1-14(2)18-12-19(15(3)4)21(16(5)6)22(17(7)8)20(13-18)23(9,10)11/h14-18H,12-13H2,1-11H3. The van der Waals surface area contributed by atoms with Gasteiger partial charge in [-0.2, -0.15) is 0 Å². The maximum atomic E-state index is 2.42. The van der Waals surface area contributed by atoms with Crippen LogP contribution < -0.4 is 0 Å². The second kappa shape index (κ2) is 7.58. The van der Waals surface area contributed by atoms with Gasteiger partial charge in [-0.15, -0.1) is 0 Å². The molecule has 0 spiro atoms. The maximum Gasteiger partial charge on any atom is -0.0167 e. The molecule has 0 fully saturated rings. The molecule has 134 valence electrons. The smallest absolute Gasteiger partial charge is 0.0167 e. The molecule has 1 aliphatic rings. The molecule has 0 saturated heterocycles. The lowest BCUT2D eigenvalue weighted by Gasteiger charge is -2.32. The van der Waals surface area contributed by atoms with Crippen LogP contribution in [-0.2, 0) is 0 Å². The highest BCUT2D eigenvalue weighted by Gasteiger charge is 2.34. The molecule has 0 heteroatoms. The molecule has 0 saturated carbocycles. The van der Waals surface area contributed by atoms with Crippen molar-refractivity contribution in [3.05, 3.63) is 22.3 Å². The van der Waals surface area contributed by atoms with Gasteiger partial charge in [-0.1, -0.05) is 87.3 Å². The average molecular weight is 319 g/mol. The van der Waals surface area contributed by atoms with E-state index in [0.717, 1.165) is 11.8 Å². The van der Waals surface area contributed by atoms with Gasteiger partial charge in [0.25, 0.3) is 0 Å². The predicted octanol–water partition coefficient (Wildman–Crippen LogP) is 7.66. The molecule has 0 N–H and O–H groups in total. The van der Waals surface area contributed by atoms with Gasteiger partial charge in [0.05, 0.1) is 0 Å². The van der Waals surface area contributed by atoms with Gasteiger partial charge in [0.1, 0.15) is 0 Å². The number of rotatable bonds is 4. The van der Waals surface area contributed by atoms with Crippen LogP contribution in [0.2, 0.25) is 0 Å². The summed E-state index contributed by atoms with van der Waals surface area (Å²) in [6.07, 6.45) is 2.57. The lowest BCUT2D eigenvalue weighted by Crippen LogP contribution is -2.19. The number of allylic oxidation sites excluding steroid dienone is 4. The molecule has 0 nitrogen and oxygen atoms in total. The molecule has 0 amide bonds. The monoisotopic (exact) mass is 318 g/mol. The van der Waals surface area contributed by atoms with Crippen molar-refractivity contribution in [3.8, 4) is 0 Å². The van der Waals surface area contributed by atoms with Crippen LogP contribution in [0.3, 0.4) is 0 Å². The SMILES string of the molecule is CC(C)C1=C(C(C)C)C(C(C)C)=C(C(C)(C)C)CC(C(C)C)C1. The Kier molecular flexibility index (Phi) is 6.76. The van der Waals surface area contributed by atoms with Crippen LogP contribution in [0.5, 0.6) is 0 Å². The first kappa shape index (κ1) is 20.5. The molecule has 0 aliphatic heterocycles. The van der Waals surface area contributed by atoms with Crippen molar-refractivity contribution in [1.29, 1.82) is 0 Å². The molecule has 1 aliphatic carbocycles. The van der Waals surface area contributed by atoms with Gasteiger partial charge in [-0.25, -0.2) is 0 Å². The van der Waals surface area contributed by atoms with Gasteiger partial charge in [0.15, 0.2) is 0 Å². The van der Waals surface area contributed by atoms with E-state index in [-0.39, 0.29) is 5.41 Å². The minimum absolute atomic E-state index is 0.263. The zero-order valence-corrected chi connectivity index (χ0v) is 17.8. The van der Waals surface area contributed by atoms with Crippen LogP contribution >= 0.6 is 0 Å².